The molecule has 0 radical (unpaired) electrons. The van der Waals surface area contributed by atoms with Gasteiger partial charge in [-0.25, -0.2) is 0 Å². The second-order valence-corrected chi connectivity index (χ2v) is 10.7. The molecule has 1 atom stereocenters. The van der Waals surface area contributed by atoms with Crippen LogP contribution >= 0.6 is 0 Å². The molecular formula is C31H29N5O4. The van der Waals surface area contributed by atoms with Gasteiger partial charge in [-0.15, -0.1) is 0 Å². The standard InChI is InChI=1S/C31H29N5O4/c1-18-13-27(36(35-18)31(2,3)4)30(40)33-22-9-5-7-19(14-22)28(38)20-11-12-26-24(15-20)25(29(39)34-26)17-32-21-8-6-10-23(37)16-21/h5-17,25,37H,1-4H3,(H,33,40)(H,34,39). The highest BCUT2D eigenvalue weighted by molar-refractivity contribution is 6.15. The maximum absolute atomic E-state index is 13.5. The second-order valence-electron chi connectivity index (χ2n) is 10.7. The highest BCUT2D eigenvalue weighted by Gasteiger charge is 2.30. The number of phenolic OH excluding ortho intramolecular Hbond substituents is 1. The maximum Gasteiger partial charge on any atom is 0.273 e. The summed E-state index contributed by atoms with van der Waals surface area (Å²) in [6, 6.07) is 19.9. The molecule has 9 heteroatoms. The average molecular weight is 536 g/mol. The van der Waals surface area contributed by atoms with Crippen LogP contribution in [0.1, 0.15) is 64.4 Å². The van der Waals surface area contributed by atoms with Gasteiger partial charge in [0.05, 0.1) is 16.9 Å². The van der Waals surface area contributed by atoms with Gasteiger partial charge in [-0.3, -0.25) is 24.1 Å². The van der Waals surface area contributed by atoms with E-state index in [2.05, 4.69) is 20.7 Å². The van der Waals surface area contributed by atoms with Crippen molar-refractivity contribution in [2.45, 2.75) is 39.2 Å². The van der Waals surface area contributed by atoms with E-state index in [0.717, 1.165) is 5.69 Å². The molecule has 40 heavy (non-hydrogen) atoms. The van der Waals surface area contributed by atoms with E-state index in [0.29, 0.717) is 39.4 Å². The van der Waals surface area contributed by atoms with Gasteiger partial charge in [0.1, 0.15) is 17.4 Å². The molecule has 2 heterocycles. The zero-order valence-corrected chi connectivity index (χ0v) is 22.6. The minimum absolute atomic E-state index is 0.0761. The van der Waals surface area contributed by atoms with Gasteiger partial charge in [-0.2, -0.15) is 5.10 Å². The molecule has 0 spiro atoms. The van der Waals surface area contributed by atoms with E-state index in [9.17, 15) is 19.5 Å². The molecule has 1 aliphatic rings. The average Bonchev–Trinajstić information content (AvgIpc) is 3.46. The van der Waals surface area contributed by atoms with Crippen LogP contribution in [0.2, 0.25) is 0 Å². The molecule has 0 saturated carbocycles. The van der Waals surface area contributed by atoms with Crippen molar-refractivity contribution in [1.29, 1.82) is 0 Å². The predicted octanol–water partition coefficient (Wildman–Crippen LogP) is 5.57. The van der Waals surface area contributed by atoms with Crippen LogP contribution < -0.4 is 10.6 Å². The van der Waals surface area contributed by atoms with Crippen LogP contribution in [0.15, 0.2) is 77.8 Å². The fraction of sp³-hybridized carbons (Fsp3) is 0.194. The molecule has 0 bridgehead atoms. The molecule has 3 N–H and O–H groups in total. The van der Waals surface area contributed by atoms with Crippen LogP contribution in [-0.2, 0) is 10.3 Å². The van der Waals surface area contributed by atoms with Crippen molar-refractivity contribution < 1.29 is 19.5 Å². The van der Waals surface area contributed by atoms with Crippen LogP contribution in [0.5, 0.6) is 5.75 Å². The largest absolute Gasteiger partial charge is 0.508 e. The number of amides is 2. The van der Waals surface area contributed by atoms with Crippen LogP contribution in [0.3, 0.4) is 0 Å². The molecular weight excluding hydrogens is 506 g/mol. The summed E-state index contributed by atoms with van der Waals surface area (Å²) >= 11 is 0. The summed E-state index contributed by atoms with van der Waals surface area (Å²) in [4.78, 5) is 43.5. The number of carbonyl (C=O) groups is 3. The first-order valence-electron chi connectivity index (χ1n) is 12.8. The van der Waals surface area contributed by atoms with Crippen LogP contribution in [0, 0.1) is 6.92 Å². The van der Waals surface area contributed by atoms with E-state index in [-0.39, 0.29) is 28.9 Å². The number of benzene rings is 3. The first-order chi connectivity index (χ1) is 19.0. The summed E-state index contributed by atoms with van der Waals surface area (Å²) in [5, 5.41) is 19.8. The van der Waals surface area contributed by atoms with E-state index in [1.165, 1.54) is 18.3 Å². The molecule has 0 saturated heterocycles. The fourth-order valence-corrected chi connectivity index (χ4v) is 4.58. The Balaban J connectivity index is 1.38. The summed E-state index contributed by atoms with van der Waals surface area (Å²) in [6.45, 7) is 7.75. The molecule has 9 nitrogen and oxygen atoms in total. The molecule has 1 aromatic heterocycles. The highest BCUT2D eigenvalue weighted by atomic mass is 16.3. The summed E-state index contributed by atoms with van der Waals surface area (Å²) in [6.07, 6.45) is 1.50. The van der Waals surface area contributed by atoms with E-state index in [1.807, 2.05) is 27.7 Å². The minimum atomic E-state index is -0.688. The van der Waals surface area contributed by atoms with Gasteiger partial charge >= 0.3 is 0 Å². The van der Waals surface area contributed by atoms with Gasteiger partial charge in [-0.05, 0) is 81.8 Å². The van der Waals surface area contributed by atoms with Crippen molar-refractivity contribution >= 4 is 40.9 Å². The lowest BCUT2D eigenvalue weighted by Crippen LogP contribution is -2.29. The molecule has 0 fully saturated rings. The molecule has 0 aliphatic carbocycles. The zero-order chi connectivity index (χ0) is 28.6. The van der Waals surface area contributed by atoms with Crippen LogP contribution in [0.25, 0.3) is 0 Å². The Morgan fingerprint density at radius 1 is 1.02 bits per heavy atom. The highest BCUT2D eigenvalue weighted by Crippen LogP contribution is 2.33. The first-order valence-corrected chi connectivity index (χ1v) is 12.8. The minimum Gasteiger partial charge on any atom is -0.508 e. The van der Waals surface area contributed by atoms with Crippen molar-refractivity contribution in [1.82, 2.24) is 9.78 Å². The summed E-state index contributed by atoms with van der Waals surface area (Å²) in [5.74, 6) is -1.44. The fourth-order valence-electron chi connectivity index (χ4n) is 4.58. The number of aryl methyl sites for hydroxylation is 1. The Bertz CT molecular complexity index is 1680. The molecule has 2 amide bonds. The number of anilines is 2. The number of hydrogen-bond acceptors (Lipinski definition) is 6. The third-order valence-electron chi connectivity index (χ3n) is 6.47. The number of aromatic hydroxyl groups is 1. The lowest BCUT2D eigenvalue weighted by Gasteiger charge is -2.22. The lowest BCUT2D eigenvalue weighted by atomic mass is 9.96. The number of hydrogen-bond donors (Lipinski definition) is 3. The van der Waals surface area contributed by atoms with Crippen molar-refractivity contribution in [2.24, 2.45) is 4.99 Å². The summed E-state index contributed by atoms with van der Waals surface area (Å²) in [5.41, 5.74) is 3.80. The van der Waals surface area contributed by atoms with Gasteiger partial charge in [0, 0.05) is 34.8 Å². The number of ketones is 1. The van der Waals surface area contributed by atoms with Crippen LogP contribution in [-0.4, -0.2) is 38.7 Å². The Morgan fingerprint density at radius 3 is 2.52 bits per heavy atom. The molecule has 3 aromatic carbocycles. The van der Waals surface area contributed by atoms with Gasteiger partial charge in [0.15, 0.2) is 5.78 Å². The Hall–Kier alpha value is -5.05. The quantitative estimate of drug-likeness (QED) is 0.220. The Kier molecular flexibility index (Phi) is 6.81. The van der Waals surface area contributed by atoms with Gasteiger partial charge in [-0.1, -0.05) is 18.2 Å². The van der Waals surface area contributed by atoms with Crippen molar-refractivity contribution in [3.8, 4) is 5.75 Å². The van der Waals surface area contributed by atoms with Crippen LogP contribution in [0.4, 0.5) is 17.1 Å². The maximum atomic E-state index is 13.5. The van der Waals surface area contributed by atoms with Gasteiger partial charge in [0.2, 0.25) is 5.91 Å². The van der Waals surface area contributed by atoms with Gasteiger partial charge < -0.3 is 15.7 Å². The monoisotopic (exact) mass is 535 g/mol. The number of phenols is 1. The third kappa shape index (κ3) is 5.40. The van der Waals surface area contributed by atoms with E-state index >= 15 is 0 Å². The van der Waals surface area contributed by atoms with E-state index < -0.39 is 5.92 Å². The van der Waals surface area contributed by atoms with E-state index in [4.69, 9.17) is 0 Å². The second kappa shape index (κ2) is 10.3. The summed E-state index contributed by atoms with van der Waals surface area (Å²) in [7, 11) is 0. The number of fused-ring (bicyclic) bond motifs is 1. The SMILES string of the molecule is Cc1cc(C(=O)Nc2cccc(C(=O)c3ccc4c(c3)C(C=Nc3cccc(O)c3)C(=O)N4)c2)n(C(C)(C)C)n1. The molecule has 202 valence electrons. The Labute approximate surface area is 231 Å². The van der Waals surface area contributed by atoms with Crippen molar-refractivity contribution in [2.75, 3.05) is 10.6 Å². The number of carbonyl (C=O) groups excluding carboxylic acids is 3. The topological polar surface area (TPSA) is 126 Å². The van der Waals surface area contributed by atoms with Crippen molar-refractivity contribution in [3.63, 3.8) is 0 Å². The number of nitrogens with zero attached hydrogens (tertiary/aromatic N) is 3. The predicted molar refractivity (Wildman–Crippen MR) is 154 cm³/mol. The summed E-state index contributed by atoms with van der Waals surface area (Å²) < 4.78 is 1.69. The van der Waals surface area contributed by atoms with E-state index in [1.54, 1.807) is 65.3 Å². The molecule has 5 rings (SSSR count). The molecule has 4 aromatic rings. The number of rotatable bonds is 6. The Morgan fingerprint density at radius 2 is 1.77 bits per heavy atom. The molecule has 1 aliphatic heterocycles. The first kappa shape index (κ1) is 26.6. The number of aromatic nitrogens is 2. The third-order valence-corrected chi connectivity index (χ3v) is 6.47. The number of aliphatic imine (C=N–C) groups is 1. The lowest BCUT2D eigenvalue weighted by molar-refractivity contribution is -0.115. The zero-order valence-electron chi connectivity index (χ0n) is 22.6. The van der Waals surface area contributed by atoms with Gasteiger partial charge in [0.25, 0.3) is 5.91 Å². The molecule has 1 unspecified atom stereocenters. The normalized spacial score (nSPS) is 14.7. The number of nitrogens with one attached hydrogen (secondary N) is 2. The van der Waals surface area contributed by atoms with Crippen molar-refractivity contribution in [3.05, 3.63) is 101 Å². The smallest absolute Gasteiger partial charge is 0.273 e.